The number of aliphatic hydroxyl groups is 5. The quantitative estimate of drug-likeness (QED) is 0.0173. The lowest BCUT2D eigenvalue weighted by Crippen LogP contribution is -2.64. The van der Waals surface area contributed by atoms with Gasteiger partial charge in [-0.25, -0.2) is 4.57 Å². The van der Waals surface area contributed by atoms with Gasteiger partial charge in [0.2, 0.25) is 0 Å². The first-order valence-corrected chi connectivity index (χ1v) is 21.8. The van der Waals surface area contributed by atoms with Gasteiger partial charge in [0.05, 0.1) is 13.2 Å². The minimum absolute atomic E-state index is 0.0583. The van der Waals surface area contributed by atoms with Gasteiger partial charge < -0.3 is 39.9 Å². The average Bonchev–Trinajstić information content (AvgIpc) is 3.17. The summed E-state index contributed by atoms with van der Waals surface area (Å²) in [7, 11) is -5.03. The first-order valence-electron chi connectivity index (χ1n) is 20.3. The van der Waals surface area contributed by atoms with E-state index in [1.165, 1.54) is 32.1 Å². The molecule has 55 heavy (non-hydrogen) atoms. The monoisotopic (exact) mass is 798 g/mol. The highest BCUT2D eigenvalue weighted by atomic mass is 31.2. The fraction of sp³-hybridized carbons (Fsp3) is 0.690. The van der Waals surface area contributed by atoms with Crippen molar-refractivity contribution in [1.82, 2.24) is 0 Å². The van der Waals surface area contributed by atoms with Gasteiger partial charge in [-0.15, -0.1) is 0 Å². The fourth-order valence-corrected chi connectivity index (χ4v) is 6.59. The third kappa shape index (κ3) is 25.6. The second kappa shape index (κ2) is 32.8. The van der Waals surface area contributed by atoms with E-state index in [0.29, 0.717) is 13.0 Å². The zero-order valence-corrected chi connectivity index (χ0v) is 34.1. The Bertz CT molecular complexity index is 1180. The van der Waals surface area contributed by atoms with Gasteiger partial charge in [-0.3, -0.25) is 13.8 Å². The summed E-state index contributed by atoms with van der Waals surface area (Å²) in [6.07, 6.45) is 28.6. The number of carbonyl (C=O) groups excluding carboxylic acids is 1. The molecular weight excluding hydrogens is 727 g/mol. The molecule has 316 valence electrons. The Labute approximate surface area is 329 Å². The number of phosphoric ester groups is 1. The first-order chi connectivity index (χ1) is 26.5. The lowest BCUT2D eigenvalue weighted by Gasteiger charge is -2.41. The van der Waals surface area contributed by atoms with Crippen LogP contribution in [0.2, 0.25) is 0 Å². The zero-order valence-electron chi connectivity index (χ0n) is 33.2. The van der Waals surface area contributed by atoms with Crippen LogP contribution in [0.3, 0.4) is 0 Å². The molecule has 0 bridgehead atoms. The maximum atomic E-state index is 12.7. The van der Waals surface area contributed by atoms with Crippen LogP contribution in [-0.2, 0) is 27.9 Å². The molecular formula is C42H71O12P. The number of hydrogen-bond acceptors (Lipinski definition) is 11. The second-order valence-electron chi connectivity index (χ2n) is 13.8. The standard InChI is InChI=1S/C42H71O12P/c1-3-5-7-9-11-13-14-15-16-17-18-19-20-21-22-23-25-27-29-31-36(43)53-35(33-51-32-30-28-26-24-12-10-8-6-4-2)34-52-55(49,50)54-42-40(47)38(45)37(44)39(46)41(42)48/h5,7,11,13,15-16,18-19,21-22,25,27,35,37-42,44-48H,3-4,6,8-10,12,14,17,20,23-24,26,28-34H2,1-2H3,(H,49,50)/b7-5-,13-11-,16-15-,19-18-,22-21-,27-25-. The van der Waals surface area contributed by atoms with Crippen molar-refractivity contribution in [3.05, 3.63) is 72.9 Å². The summed E-state index contributed by atoms with van der Waals surface area (Å²) in [6.45, 7) is 4.00. The van der Waals surface area contributed by atoms with E-state index in [2.05, 4.69) is 74.6 Å². The van der Waals surface area contributed by atoms with Gasteiger partial charge in [0.15, 0.2) is 0 Å². The van der Waals surface area contributed by atoms with Gasteiger partial charge in [0.1, 0.15) is 42.7 Å². The summed E-state index contributed by atoms with van der Waals surface area (Å²) < 4.78 is 33.9. The molecule has 0 aromatic rings. The Morgan fingerprint density at radius 3 is 1.53 bits per heavy atom. The van der Waals surface area contributed by atoms with Crippen LogP contribution in [0.25, 0.3) is 0 Å². The van der Waals surface area contributed by atoms with Gasteiger partial charge in [0, 0.05) is 13.0 Å². The van der Waals surface area contributed by atoms with Gasteiger partial charge in [-0.1, -0.05) is 138 Å². The number of phosphoric acid groups is 1. The van der Waals surface area contributed by atoms with Crippen molar-refractivity contribution in [1.29, 1.82) is 0 Å². The van der Waals surface area contributed by atoms with Crippen molar-refractivity contribution in [2.75, 3.05) is 19.8 Å². The van der Waals surface area contributed by atoms with Crippen molar-refractivity contribution < 1.29 is 58.3 Å². The van der Waals surface area contributed by atoms with Gasteiger partial charge in [0.25, 0.3) is 0 Å². The molecule has 6 unspecified atom stereocenters. The smallest absolute Gasteiger partial charge is 0.457 e. The Hall–Kier alpha value is -2.22. The molecule has 1 rings (SSSR count). The third-order valence-corrected chi connectivity index (χ3v) is 9.84. The van der Waals surface area contributed by atoms with E-state index in [9.17, 15) is 39.8 Å². The number of carbonyl (C=O) groups is 1. The summed E-state index contributed by atoms with van der Waals surface area (Å²) in [6, 6.07) is 0. The van der Waals surface area contributed by atoms with Crippen molar-refractivity contribution in [2.24, 2.45) is 0 Å². The van der Waals surface area contributed by atoms with Crippen LogP contribution in [0.5, 0.6) is 0 Å². The van der Waals surface area contributed by atoms with E-state index >= 15 is 0 Å². The second-order valence-corrected chi connectivity index (χ2v) is 15.2. The number of allylic oxidation sites excluding steroid dienone is 12. The summed E-state index contributed by atoms with van der Waals surface area (Å²) in [4.78, 5) is 23.0. The van der Waals surface area contributed by atoms with Crippen LogP contribution in [0.15, 0.2) is 72.9 Å². The van der Waals surface area contributed by atoms with E-state index in [0.717, 1.165) is 64.2 Å². The number of ether oxygens (including phenoxy) is 2. The molecule has 0 radical (unpaired) electrons. The van der Waals surface area contributed by atoms with Crippen LogP contribution < -0.4 is 0 Å². The van der Waals surface area contributed by atoms with Crippen molar-refractivity contribution >= 4 is 13.8 Å². The number of hydrogen-bond donors (Lipinski definition) is 6. The van der Waals surface area contributed by atoms with E-state index in [4.69, 9.17) is 18.5 Å². The topological polar surface area (TPSA) is 192 Å². The maximum absolute atomic E-state index is 12.7. The van der Waals surface area contributed by atoms with Crippen LogP contribution >= 0.6 is 7.82 Å². The lowest BCUT2D eigenvalue weighted by molar-refractivity contribution is -0.220. The molecule has 0 aromatic carbocycles. The summed E-state index contributed by atoms with van der Waals surface area (Å²) >= 11 is 0. The molecule has 0 aromatic heterocycles. The molecule has 1 saturated carbocycles. The van der Waals surface area contributed by atoms with E-state index in [1.54, 1.807) is 0 Å². The van der Waals surface area contributed by atoms with Crippen LogP contribution in [0, 0.1) is 0 Å². The molecule has 0 spiro atoms. The SMILES string of the molecule is CC/C=C\C/C=C\C/C=C\C/C=C\C/C=C\C/C=C\CCC(=O)OC(COCCCCCCCCCCC)COP(=O)(O)OC1C(O)C(O)C(O)C(O)C1O. The summed E-state index contributed by atoms with van der Waals surface area (Å²) in [5, 5.41) is 50.0. The van der Waals surface area contributed by atoms with Gasteiger partial charge in [-0.05, 0) is 51.4 Å². The highest BCUT2D eigenvalue weighted by molar-refractivity contribution is 7.47. The average molecular weight is 799 g/mol. The Balaban J connectivity index is 2.50. The van der Waals surface area contributed by atoms with Crippen LogP contribution in [0.4, 0.5) is 0 Å². The third-order valence-electron chi connectivity index (χ3n) is 8.86. The minimum Gasteiger partial charge on any atom is -0.457 e. The number of aliphatic hydroxyl groups excluding tert-OH is 5. The maximum Gasteiger partial charge on any atom is 0.472 e. The molecule has 12 nitrogen and oxygen atoms in total. The lowest BCUT2D eigenvalue weighted by atomic mass is 9.85. The van der Waals surface area contributed by atoms with Crippen molar-refractivity contribution in [3.8, 4) is 0 Å². The molecule has 13 heteroatoms. The first kappa shape index (κ1) is 50.8. The highest BCUT2D eigenvalue weighted by Gasteiger charge is 2.51. The number of esters is 1. The molecule has 1 aliphatic carbocycles. The van der Waals surface area contributed by atoms with Crippen LogP contribution in [-0.4, -0.2) is 98.9 Å². The Morgan fingerprint density at radius 2 is 1.04 bits per heavy atom. The zero-order chi connectivity index (χ0) is 40.6. The molecule has 0 saturated heterocycles. The van der Waals surface area contributed by atoms with Crippen molar-refractivity contribution in [3.63, 3.8) is 0 Å². The minimum atomic E-state index is -5.03. The van der Waals surface area contributed by atoms with Crippen molar-refractivity contribution in [2.45, 2.75) is 166 Å². The normalized spacial score (nSPS) is 24.0. The fourth-order valence-electron chi connectivity index (χ4n) is 5.61. The van der Waals surface area contributed by atoms with E-state index < -0.39 is 63.1 Å². The van der Waals surface area contributed by atoms with E-state index in [-0.39, 0.29) is 13.0 Å². The largest absolute Gasteiger partial charge is 0.472 e. The summed E-state index contributed by atoms with van der Waals surface area (Å²) in [5.74, 6) is -0.563. The molecule has 0 aliphatic heterocycles. The van der Waals surface area contributed by atoms with Gasteiger partial charge >= 0.3 is 13.8 Å². The van der Waals surface area contributed by atoms with Gasteiger partial charge in [-0.2, -0.15) is 0 Å². The molecule has 0 amide bonds. The van der Waals surface area contributed by atoms with Crippen LogP contribution in [0.1, 0.15) is 123 Å². The number of unbranched alkanes of at least 4 members (excludes halogenated alkanes) is 8. The molecule has 6 N–H and O–H groups in total. The number of rotatable bonds is 32. The Kier molecular flexibility index (Phi) is 30.3. The van der Waals surface area contributed by atoms with E-state index in [1.807, 2.05) is 12.2 Å². The predicted octanol–water partition coefficient (Wildman–Crippen LogP) is 7.24. The highest BCUT2D eigenvalue weighted by Crippen LogP contribution is 2.47. The molecule has 1 aliphatic rings. The predicted molar refractivity (Wildman–Crippen MR) is 216 cm³/mol. The molecule has 1 fully saturated rings. The summed E-state index contributed by atoms with van der Waals surface area (Å²) in [5.41, 5.74) is 0. The molecule has 6 atom stereocenters. The molecule has 0 heterocycles. The Morgan fingerprint density at radius 1 is 0.600 bits per heavy atom.